The van der Waals surface area contributed by atoms with Gasteiger partial charge in [-0.1, -0.05) is 12.2 Å². The van der Waals surface area contributed by atoms with Gasteiger partial charge in [0.05, 0.1) is 24.1 Å². The van der Waals surface area contributed by atoms with E-state index in [1.165, 1.54) is 6.33 Å². The lowest BCUT2D eigenvalue weighted by molar-refractivity contribution is -0.00833. The number of nitrogens with zero attached hydrogens (tertiary/aromatic N) is 1. The van der Waals surface area contributed by atoms with E-state index in [-0.39, 0.29) is 6.61 Å². The molecule has 1 unspecified atom stereocenters. The number of aliphatic hydroxyl groups is 3. The molecule has 0 amide bonds. The molecule has 3 heterocycles. The van der Waals surface area contributed by atoms with Crippen molar-refractivity contribution in [3.63, 3.8) is 0 Å². The molecule has 7 nitrogen and oxygen atoms in total. The number of H-pyrrole nitrogens is 1. The first-order chi connectivity index (χ1) is 9.13. The van der Waals surface area contributed by atoms with Crippen LogP contribution >= 0.6 is 19.8 Å². The molecule has 1 aromatic heterocycles. The first-order valence-electron chi connectivity index (χ1n) is 5.80. The van der Waals surface area contributed by atoms with Gasteiger partial charge in [-0.15, -0.1) is 0 Å². The molecule has 0 saturated carbocycles. The van der Waals surface area contributed by atoms with E-state index in [4.69, 9.17) is 22.1 Å². The van der Waals surface area contributed by atoms with Crippen LogP contribution in [0.4, 0.5) is 5.69 Å². The molecular weight excluding hydrogens is 289 g/mol. The number of ether oxygens (including phenoxy) is 1. The van der Waals surface area contributed by atoms with Gasteiger partial charge < -0.3 is 30.4 Å². The first-order valence-corrected chi connectivity index (χ1v) is 7.87. The van der Waals surface area contributed by atoms with E-state index in [9.17, 15) is 10.2 Å². The minimum atomic E-state index is -1.47. The third-order valence-corrected chi connectivity index (χ3v) is 6.14. The normalized spacial score (nSPS) is 36.7. The van der Waals surface area contributed by atoms with Crippen molar-refractivity contribution in [2.45, 2.75) is 24.2 Å². The third-order valence-electron chi connectivity index (χ3n) is 3.35. The summed E-state index contributed by atoms with van der Waals surface area (Å²) in [7, 11) is -1.47. The van der Waals surface area contributed by atoms with Crippen LogP contribution in [0.3, 0.4) is 0 Å². The molecular formula is C10H14N3O4PS. The average Bonchev–Trinajstić information content (AvgIpc) is 2.94. The molecule has 0 aromatic carbocycles. The maximum atomic E-state index is 10.0. The summed E-state index contributed by atoms with van der Waals surface area (Å²) in [5.41, 5.74) is 1.49. The first kappa shape index (κ1) is 13.2. The van der Waals surface area contributed by atoms with Crippen LogP contribution in [-0.4, -0.2) is 62.0 Å². The predicted octanol–water partition coefficient (Wildman–Crippen LogP) is -1.40. The Kier molecular flexibility index (Phi) is 3.46. The molecule has 1 saturated heterocycles. The van der Waals surface area contributed by atoms with Crippen LogP contribution in [-0.2, 0) is 4.74 Å². The number of fused-ring (bicyclic) bond motifs is 1. The van der Waals surface area contributed by atoms with Gasteiger partial charge in [-0.05, 0) is 7.55 Å². The molecule has 0 bridgehead atoms. The second-order valence-electron chi connectivity index (χ2n) is 4.46. The number of hydrogen-bond donors (Lipinski definition) is 5. The highest BCUT2D eigenvalue weighted by atomic mass is 32.1. The Hall–Kier alpha value is -0.760. The zero-order valence-corrected chi connectivity index (χ0v) is 11.6. The zero-order chi connectivity index (χ0) is 13.6. The Balaban J connectivity index is 1.95. The van der Waals surface area contributed by atoms with E-state index >= 15 is 0 Å². The summed E-state index contributed by atoms with van der Waals surface area (Å²) in [4.78, 5) is 7.08. The van der Waals surface area contributed by atoms with E-state index in [0.717, 1.165) is 11.1 Å². The summed E-state index contributed by atoms with van der Waals surface area (Å²) in [6.45, 7) is -0.327. The summed E-state index contributed by atoms with van der Waals surface area (Å²) in [5, 5.41) is 32.0. The number of aromatic amines is 1. The lowest BCUT2D eigenvalue weighted by atomic mass is 10.2. The van der Waals surface area contributed by atoms with Gasteiger partial charge in [-0.3, -0.25) is 0 Å². The van der Waals surface area contributed by atoms with Crippen LogP contribution in [0.1, 0.15) is 0 Å². The van der Waals surface area contributed by atoms with Crippen LogP contribution < -0.4 is 10.8 Å². The highest BCUT2D eigenvalue weighted by molar-refractivity contribution is 7.72. The van der Waals surface area contributed by atoms with Gasteiger partial charge in [0.15, 0.2) is 0 Å². The second-order valence-corrected chi connectivity index (χ2v) is 7.11. The van der Waals surface area contributed by atoms with Gasteiger partial charge in [-0.2, -0.15) is 0 Å². The van der Waals surface area contributed by atoms with Gasteiger partial charge in [-0.25, -0.2) is 4.98 Å². The van der Waals surface area contributed by atoms with Crippen molar-refractivity contribution < 1.29 is 20.1 Å². The van der Waals surface area contributed by atoms with Gasteiger partial charge in [0.25, 0.3) is 0 Å². The number of rotatable bonds is 2. The molecule has 19 heavy (non-hydrogen) atoms. The molecule has 1 fully saturated rings. The molecule has 104 valence electrons. The Morgan fingerprint density at radius 2 is 2.21 bits per heavy atom. The molecule has 5 atom stereocenters. The Labute approximate surface area is 114 Å². The van der Waals surface area contributed by atoms with Gasteiger partial charge in [0, 0.05) is 5.92 Å². The van der Waals surface area contributed by atoms with Crippen LogP contribution in [0.5, 0.6) is 0 Å². The maximum absolute atomic E-state index is 10.0. The highest BCUT2D eigenvalue weighted by Gasteiger charge is 2.45. The molecule has 5 N–H and O–H groups in total. The second kappa shape index (κ2) is 4.97. The van der Waals surface area contributed by atoms with Crippen molar-refractivity contribution >= 4 is 36.8 Å². The molecule has 9 heteroatoms. The van der Waals surface area contributed by atoms with Crippen LogP contribution in [0.2, 0.25) is 0 Å². The molecule has 0 radical (unpaired) electrons. The van der Waals surface area contributed by atoms with E-state index in [1.807, 2.05) is 5.92 Å². The quantitative estimate of drug-likeness (QED) is 0.338. The molecule has 2 aliphatic heterocycles. The predicted molar refractivity (Wildman–Crippen MR) is 74.8 cm³/mol. The molecule has 1 aromatic rings. The molecule has 3 rings (SSSR count). The van der Waals surface area contributed by atoms with Crippen LogP contribution in [0, 0.1) is 4.64 Å². The molecule has 2 aliphatic rings. The smallest absolute Gasteiger partial charge is 0.130 e. The summed E-state index contributed by atoms with van der Waals surface area (Å²) in [6, 6.07) is 0. The Morgan fingerprint density at radius 3 is 2.89 bits per heavy atom. The summed E-state index contributed by atoms with van der Waals surface area (Å²) in [6.07, 6.45) is -1.36. The summed E-state index contributed by atoms with van der Waals surface area (Å²) >= 11 is 5.15. The van der Waals surface area contributed by atoms with Crippen molar-refractivity contribution in [1.29, 1.82) is 0 Å². The van der Waals surface area contributed by atoms with Crippen LogP contribution in [0.15, 0.2) is 6.33 Å². The van der Waals surface area contributed by atoms with Gasteiger partial charge in [0.1, 0.15) is 28.8 Å². The van der Waals surface area contributed by atoms with E-state index in [0.29, 0.717) is 4.64 Å². The number of hydrogen-bond acceptors (Lipinski definition) is 7. The van der Waals surface area contributed by atoms with Crippen molar-refractivity contribution in [2.24, 2.45) is 0 Å². The van der Waals surface area contributed by atoms with E-state index in [2.05, 4.69) is 15.3 Å². The number of anilines is 1. The summed E-state index contributed by atoms with van der Waals surface area (Å²) in [5.74, 6) is 1.27. The Bertz CT molecular complexity index is 592. The van der Waals surface area contributed by atoms with Crippen molar-refractivity contribution in [3.05, 3.63) is 11.0 Å². The zero-order valence-electron chi connectivity index (χ0n) is 9.78. The standard InChI is InChI=1S/C10H14N3O4PS/c14-1-4-6(15)7(16)10(17-4)18-3-13-5-8(18)11-2-12-9(5)19/h2-4,6-7,10,13-16,18H,1H2,(H,11,12,19)/t4-,6-,7-,10+/m1/s1. The molecule has 0 aliphatic carbocycles. The van der Waals surface area contributed by atoms with Gasteiger partial charge >= 0.3 is 0 Å². The van der Waals surface area contributed by atoms with Crippen LogP contribution in [0.25, 0.3) is 0 Å². The van der Waals surface area contributed by atoms with Crippen molar-refractivity contribution in [2.75, 3.05) is 11.9 Å². The topological polar surface area (TPSA) is 111 Å². The van der Waals surface area contributed by atoms with Crippen molar-refractivity contribution in [1.82, 2.24) is 9.97 Å². The van der Waals surface area contributed by atoms with Crippen molar-refractivity contribution in [3.8, 4) is 0 Å². The minimum absolute atomic E-state index is 0.327. The highest BCUT2D eigenvalue weighted by Crippen LogP contribution is 2.42. The van der Waals surface area contributed by atoms with E-state index in [1.54, 1.807) is 0 Å². The van der Waals surface area contributed by atoms with Gasteiger partial charge in [0.2, 0.25) is 0 Å². The fourth-order valence-corrected chi connectivity index (χ4v) is 5.10. The molecule has 0 spiro atoms. The lowest BCUT2D eigenvalue weighted by Crippen LogP contribution is -2.33. The van der Waals surface area contributed by atoms with E-state index < -0.39 is 31.7 Å². The monoisotopic (exact) mass is 303 g/mol. The summed E-state index contributed by atoms with van der Waals surface area (Å²) < 4.78 is 6.10. The third kappa shape index (κ3) is 2.05. The lowest BCUT2D eigenvalue weighted by Gasteiger charge is -2.16. The average molecular weight is 303 g/mol. The number of nitrogens with one attached hydrogen (secondary N) is 2. The number of aromatic nitrogens is 2. The largest absolute Gasteiger partial charge is 0.394 e. The SMILES string of the molecule is OC[C@H]1O[C@@H]([PH]2=CNc3c2nc[nH]c3=S)[C@H](O)[C@@H]1O. The fourth-order valence-electron chi connectivity index (χ4n) is 2.34. The Morgan fingerprint density at radius 1 is 1.42 bits per heavy atom. The number of aliphatic hydroxyl groups excluding tert-OH is 3. The fraction of sp³-hybridized carbons (Fsp3) is 0.500. The maximum Gasteiger partial charge on any atom is 0.130 e. The minimum Gasteiger partial charge on any atom is -0.394 e.